The van der Waals surface area contributed by atoms with Crippen molar-refractivity contribution in [2.24, 2.45) is 0 Å². The van der Waals surface area contributed by atoms with Gasteiger partial charge in [-0.2, -0.15) is 0 Å². The summed E-state index contributed by atoms with van der Waals surface area (Å²) < 4.78 is 11.5. The van der Waals surface area contributed by atoms with Crippen LogP contribution in [0.4, 0.5) is 0 Å². The molecule has 0 unspecified atom stereocenters. The molecule has 0 aliphatic rings. The smallest absolute Gasteiger partial charge is 0.200 e. The summed E-state index contributed by atoms with van der Waals surface area (Å²) >= 11 is 0. The maximum Gasteiger partial charge on any atom is 0.200 e. The third-order valence-corrected chi connectivity index (χ3v) is 4.55. The third-order valence-electron chi connectivity index (χ3n) is 4.55. The molecule has 0 bridgehead atoms. The van der Waals surface area contributed by atoms with E-state index < -0.39 is 0 Å². The molecule has 0 atom stereocenters. The Balaban J connectivity index is 1.47. The Morgan fingerprint density at radius 3 is 2.37 bits per heavy atom. The lowest BCUT2D eigenvalue weighted by Gasteiger charge is -2.08. The van der Waals surface area contributed by atoms with E-state index in [1.54, 1.807) is 12.1 Å². The lowest BCUT2D eigenvalue weighted by Crippen LogP contribution is -2.05. The third kappa shape index (κ3) is 3.93. The van der Waals surface area contributed by atoms with Crippen molar-refractivity contribution < 1.29 is 9.15 Å². The fraction of sp³-hybridized carbons (Fsp3) is 0.125. The first-order valence-corrected chi connectivity index (χ1v) is 9.09. The molecular weight excluding hydrogens is 336 g/mol. The topological polar surface area (TPSA) is 39.4 Å². The molecular formula is C24H20O3. The summed E-state index contributed by atoms with van der Waals surface area (Å²) in [7, 11) is 0. The molecule has 134 valence electrons. The first kappa shape index (κ1) is 17.1. The second-order valence-corrected chi connectivity index (χ2v) is 6.44. The summed E-state index contributed by atoms with van der Waals surface area (Å²) in [5.41, 5.74) is 3.24. The van der Waals surface area contributed by atoms with Gasteiger partial charge in [-0.15, -0.1) is 0 Å². The van der Waals surface area contributed by atoms with E-state index >= 15 is 0 Å². The average molecular weight is 356 g/mol. The van der Waals surface area contributed by atoms with Gasteiger partial charge in [0.1, 0.15) is 17.6 Å². The lowest BCUT2D eigenvalue weighted by molar-refractivity contribution is 0.311. The molecule has 1 aromatic heterocycles. The normalized spacial score (nSPS) is 10.8. The summed E-state index contributed by atoms with van der Waals surface area (Å²) in [4.78, 5) is 12.8. The van der Waals surface area contributed by atoms with Gasteiger partial charge >= 0.3 is 0 Å². The van der Waals surface area contributed by atoms with Gasteiger partial charge in [-0.3, -0.25) is 4.79 Å². The predicted octanol–water partition coefficient (Wildman–Crippen LogP) is 5.47. The highest BCUT2D eigenvalue weighted by Crippen LogP contribution is 2.23. The quantitative estimate of drug-likeness (QED) is 0.430. The van der Waals surface area contributed by atoms with Crippen LogP contribution in [0.3, 0.4) is 0 Å². The first-order valence-electron chi connectivity index (χ1n) is 9.09. The highest BCUT2D eigenvalue weighted by Gasteiger charge is 2.09. The predicted molar refractivity (Wildman–Crippen MR) is 108 cm³/mol. The standard InChI is InChI=1S/C24H20O3/c25-24-21-14-13-20(26-15-7-10-18-8-3-1-4-9-18)16-23(21)27-17-22(24)19-11-5-2-6-12-19/h1-6,8-9,11-14,16-17H,7,10,15H2. The van der Waals surface area contributed by atoms with Crippen molar-refractivity contribution >= 4 is 11.0 Å². The van der Waals surface area contributed by atoms with Gasteiger partial charge in [0.2, 0.25) is 0 Å². The van der Waals surface area contributed by atoms with Crippen molar-refractivity contribution in [3.8, 4) is 16.9 Å². The fourth-order valence-electron chi connectivity index (χ4n) is 3.13. The SMILES string of the molecule is O=c1c(-c2ccccc2)coc2cc(OCCCc3ccccc3)ccc12. The molecule has 0 aliphatic carbocycles. The zero-order valence-electron chi connectivity index (χ0n) is 14.9. The van der Waals surface area contributed by atoms with Crippen LogP contribution >= 0.6 is 0 Å². The largest absolute Gasteiger partial charge is 0.493 e. The number of rotatable bonds is 6. The summed E-state index contributed by atoms with van der Waals surface area (Å²) in [6, 6.07) is 25.3. The van der Waals surface area contributed by atoms with E-state index in [1.807, 2.05) is 54.6 Å². The van der Waals surface area contributed by atoms with Crippen molar-refractivity contribution in [2.45, 2.75) is 12.8 Å². The number of fused-ring (bicyclic) bond motifs is 1. The Morgan fingerprint density at radius 1 is 0.852 bits per heavy atom. The van der Waals surface area contributed by atoms with E-state index in [2.05, 4.69) is 12.1 Å². The monoisotopic (exact) mass is 356 g/mol. The highest BCUT2D eigenvalue weighted by atomic mass is 16.5. The lowest BCUT2D eigenvalue weighted by atomic mass is 10.1. The van der Waals surface area contributed by atoms with Crippen LogP contribution in [-0.2, 0) is 6.42 Å². The highest BCUT2D eigenvalue weighted by molar-refractivity contribution is 5.82. The van der Waals surface area contributed by atoms with Crippen molar-refractivity contribution in [1.82, 2.24) is 0 Å². The number of hydrogen-bond acceptors (Lipinski definition) is 3. The number of ether oxygens (including phenoxy) is 1. The molecule has 0 amide bonds. The summed E-state index contributed by atoms with van der Waals surface area (Å²) in [6.45, 7) is 0.618. The first-order chi connectivity index (χ1) is 13.3. The van der Waals surface area contributed by atoms with Crippen molar-refractivity contribution in [1.29, 1.82) is 0 Å². The Hall–Kier alpha value is -3.33. The fourth-order valence-corrected chi connectivity index (χ4v) is 3.13. The van der Waals surface area contributed by atoms with Crippen molar-refractivity contribution in [3.63, 3.8) is 0 Å². The average Bonchev–Trinajstić information content (AvgIpc) is 2.73. The van der Waals surface area contributed by atoms with Gasteiger partial charge in [0.05, 0.1) is 17.6 Å². The summed E-state index contributed by atoms with van der Waals surface area (Å²) in [6.07, 6.45) is 3.43. The van der Waals surface area contributed by atoms with Crippen LogP contribution in [0, 0.1) is 0 Å². The number of hydrogen-bond donors (Lipinski definition) is 0. The molecule has 4 rings (SSSR count). The Bertz CT molecular complexity index is 1080. The molecule has 1 heterocycles. The molecule has 0 spiro atoms. The summed E-state index contributed by atoms with van der Waals surface area (Å²) in [5, 5.41) is 0.563. The van der Waals surface area contributed by atoms with E-state index in [0.717, 1.165) is 18.4 Å². The zero-order chi connectivity index (χ0) is 18.5. The number of benzene rings is 3. The van der Waals surface area contributed by atoms with Crippen LogP contribution in [0.5, 0.6) is 5.75 Å². The van der Waals surface area contributed by atoms with E-state index in [-0.39, 0.29) is 5.43 Å². The summed E-state index contributed by atoms with van der Waals surface area (Å²) in [5.74, 6) is 0.714. The minimum atomic E-state index is -0.0296. The molecule has 3 heteroatoms. The van der Waals surface area contributed by atoms with E-state index in [4.69, 9.17) is 9.15 Å². The molecule has 27 heavy (non-hydrogen) atoms. The molecule has 3 aromatic carbocycles. The molecule has 3 nitrogen and oxygen atoms in total. The van der Waals surface area contributed by atoms with Gasteiger partial charge in [0.25, 0.3) is 0 Å². The molecule has 0 fully saturated rings. The van der Waals surface area contributed by atoms with Gasteiger partial charge in [0.15, 0.2) is 5.43 Å². The van der Waals surface area contributed by atoms with Crippen LogP contribution in [0.2, 0.25) is 0 Å². The van der Waals surface area contributed by atoms with Crippen LogP contribution in [0.15, 0.2) is 94.3 Å². The second kappa shape index (κ2) is 7.92. The molecule has 0 aliphatic heterocycles. The van der Waals surface area contributed by atoms with Gasteiger partial charge in [0, 0.05) is 6.07 Å². The van der Waals surface area contributed by atoms with Crippen molar-refractivity contribution in [3.05, 3.63) is 101 Å². The van der Waals surface area contributed by atoms with Crippen molar-refractivity contribution in [2.75, 3.05) is 6.61 Å². The van der Waals surface area contributed by atoms with Crippen LogP contribution < -0.4 is 10.2 Å². The van der Waals surface area contributed by atoms with E-state index in [1.165, 1.54) is 11.8 Å². The molecule has 4 aromatic rings. The second-order valence-electron chi connectivity index (χ2n) is 6.44. The van der Waals surface area contributed by atoms with Crippen LogP contribution in [0.1, 0.15) is 12.0 Å². The maximum atomic E-state index is 12.8. The number of aryl methyl sites for hydroxylation is 1. The van der Waals surface area contributed by atoms with Crippen LogP contribution in [0.25, 0.3) is 22.1 Å². The molecule has 0 saturated heterocycles. The maximum absolute atomic E-state index is 12.8. The van der Waals surface area contributed by atoms with Crippen LogP contribution in [-0.4, -0.2) is 6.61 Å². The zero-order valence-corrected chi connectivity index (χ0v) is 14.9. The minimum Gasteiger partial charge on any atom is -0.493 e. The molecule has 0 N–H and O–H groups in total. The van der Waals surface area contributed by atoms with E-state index in [0.29, 0.717) is 28.9 Å². The Labute approximate surface area is 157 Å². The molecule has 0 radical (unpaired) electrons. The van der Waals surface area contributed by atoms with Gasteiger partial charge in [-0.1, -0.05) is 60.7 Å². The van der Waals surface area contributed by atoms with Gasteiger partial charge in [-0.25, -0.2) is 0 Å². The van der Waals surface area contributed by atoms with Gasteiger partial charge < -0.3 is 9.15 Å². The van der Waals surface area contributed by atoms with E-state index in [9.17, 15) is 4.79 Å². The van der Waals surface area contributed by atoms with Gasteiger partial charge in [-0.05, 0) is 36.1 Å². The Kier molecular flexibility index (Phi) is 5.01. The Morgan fingerprint density at radius 2 is 1.59 bits per heavy atom. The minimum absolute atomic E-state index is 0.0296. The molecule has 0 saturated carbocycles.